The van der Waals surface area contributed by atoms with Crippen molar-refractivity contribution in [2.24, 2.45) is 0 Å². The van der Waals surface area contributed by atoms with Crippen LogP contribution < -0.4 is 0 Å². The Morgan fingerprint density at radius 3 is 2.84 bits per heavy atom. The average molecular weight is 261 g/mol. The first kappa shape index (κ1) is 12.9. The number of hydrogen-bond acceptors (Lipinski definition) is 4. The van der Waals surface area contributed by atoms with Crippen LogP contribution >= 0.6 is 0 Å². The summed E-state index contributed by atoms with van der Waals surface area (Å²) in [6.07, 6.45) is 5.82. The quantitative estimate of drug-likeness (QED) is 0.607. The molecule has 2 rings (SSSR count). The SMILES string of the molecule is O=C(C=Cc1ccc(F)cc1)OCCn1cncn1. The van der Waals surface area contributed by atoms with Crippen molar-refractivity contribution in [2.45, 2.75) is 6.54 Å². The summed E-state index contributed by atoms with van der Waals surface area (Å²) in [7, 11) is 0. The third-order valence-electron chi connectivity index (χ3n) is 2.31. The molecule has 2 aromatic rings. The number of halogens is 1. The standard InChI is InChI=1S/C13H12FN3O2/c14-12-4-1-11(2-5-12)3-6-13(18)19-8-7-17-10-15-9-16-17/h1-6,9-10H,7-8H2. The van der Waals surface area contributed by atoms with Gasteiger partial charge in [0.25, 0.3) is 0 Å². The van der Waals surface area contributed by atoms with Crippen LogP contribution in [0.1, 0.15) is 5.56 Å². The Hall–Kier alpha value is -2.50. The predicted octanol–water partition coefficient (Wildman–Crippen LogP) is 1.67. The zero-order valence-electron chi connectivity index (χ0n) is 10.1. The fourth-order valence-electron chi connectivity index (χ4n) is 1.37. The molecule has 0 aliphatic heterocycles. The third kappa shape index (κ3) is 4.34. The molecule has 0 N–H and O–H groups in total. The van der Waals surface area contributed by atoms with Gasteiger partial charge in [-0.3, -0.25) is 0 Å². The zero-order chi connectivity index (χ0) is 13.5. The molecular weight excluding hydrogens is 249 g/mol. The van der Waals surface area contributed by atoms with Crippen molar-refractivity contribution in [3.8, 4) is 0 Å². The highest BCUT2D eigenvalue weighted by molar-refractivity contribution is 5.86. The van der Waals surface area contributed by atoms with Crippen molar-refractivity contribution in [2.75, 3.05) is 6.61 Å². The van der Waals surface area contributed by atoms with Gasteiger partial charge in [-0.1, -0.05) is 12.1 Å². The van der Waals surface area contributed by atoms with E-state index in [0.717, 1.165) is 5.56 Å². The van der Waals surface area contributed by atoms with E-state index in [-0.39, 0.29) is 12.4 Å². The minimum Gasteiger partial charge on any atom is -0.461 e. The van der Waals surface area contributed by atoms with Gasteiger partial charge in [0.15, 0.2) is 0 Å². The number of rotatable bonds is 5. The number of carbonyl (C=O) groups excluding carboxylic acids is 1. The predicted molar refractivity (Wildman–Crippen MR) is 66.4 cm³/mol. The van der Waals surface area contributed by atoms with Crippen molar-refractivity contribution in [3.63, 3.8) is 0 Å². The molecule has 0 amide bonds. The molecule has 0 aliphatic carbocycles. The van der Waals surface area contributed by atoms with Gasteiger partial charge in [-0.2, -0.15) is 5.10 Å². The fraction of sp³-hybridized carbons (Fsp3) is 0.154. The minimum atomic E-state index is -0.454. The number of hydrogen-bond donors (Lipinski definition) is 0. The van der Waals surface area contributed by atoms with Crippen LogP contribution in [0, 0.1) is 5.82 Å². The van der Waals surface area contributed by atoms with Crippen LogP contribution in [0.4, 0.5) is 4.39 Å². The molecule has 98 valence electrons. The Morgan fingerprint density at radius 1 is 1.37 bits per heavy atom. The summed E-state index contributed by atoms with van der Waals surface area (Å²) in [6, 6.07) is 5.81. The minimum absolute atomic E-state index is 0.218. The molecule has 0 fully saturated rings. The maximum atomic E-state index is 12.7. The summed E-state index contributed by atoms with van der Waals surface area (Å²) in [5.74, 6) is -0.767. The lowest BCUT2D eigenvalue weighted by Gasteiger charge is -2.01. The average Bonchev–Trinajstić information content (AvgIpc) is 2.91. The van der Waals surface area contributed by atoms with Crippen molar-refractivity contribution >= 4 is 12.0 Å². The van der Waals surface area contributed by atoms with Crippen molar-refractivity contribution in [1.82, 2.24) is 14.8 Å². The molecule has 0 aliphatic rings. The number of carbonyl (C=O) groups is 1. The van der Waals surface area contributed by atoms with E-state index in [0.29, 0.717) is 6.54 Å². The molecular formula is C13H12FN3O2. The largest absolute Gasteiger partial charge is 0.461 e. The number of nitrogens with zero attached hydrogens (tertiary/aromatic N) is 3. The Kier molecular flexibility index (Phi) is 4.39. The first-order chi connectivity index (χ1) is 9.24. The van der Waals surface area contributed by atoms with Gasteiger partial charge in [0.05, 0.1) is 6.54 Å². The topological polar surface area (TPSA) is 57.0 Å². The lowest BCUT2D eigenvalue weighted by molar-refractivity contribution is -0.138. The first-order valence-electron chi connectivity index (χ1n) is 5.67. The maximum absolute atomic E-state index is 12.7. The van der Waals surface area contributed by atoms with Crippen LogP contribution in [0.3, 0.4) is 0 Å². The Bertz CT molecular complexity index is 550. The number of benzene rings is 1. The van der Waals surface area contributed by atoms with Gasteiger partial charge < -0.3 is 4.74 Å². The van der Waals surface area contributed by atoms with Crippen LogP contribution in [-0.4, -0.2) is 27.3 Å². The van der Waals surface area contributed by atoms with E-state index >= 15 is 0 Å². The van der Waals surface area contributed by atoms with Gasteiger partial charge in [-0.05, 0) is 23.8 Å². The number of ether oxygens (including phenoxy) is 1. The van der Waals surface area contributed by atoms with Crippen molar-refractivity contribution in [1.29, 1.82) is 0 Å². The summed E-state index contributed by atoms with van der Waals surface area (Å²) in [4.78, 5) is 15.2. The van der Waals surface area contributed by atoms with Gasteiger partial charge in [0, 0.05) is 6.08 Å². The highest BCUT2D eigenvalue weighted by Gasteiger charge is 1.98. The maximum Gasteiger partial charge on any atom is 0.330 e. The Labute approximate surface area is 109 Å². The van der Waals surface area contributed by atoms with Gasteiger partial charge >= 0.3 is 5.97 Å². The van der Waals surface area contributed by atoms with Crippen LogP contribution in [0.2, 0.25) is 0 Å². The lowest BCUT2D eigenvalue weighted by Crippen LogP contribution is -2.09. The van der Waals surface area contributed by atoms with E-state index < -0.39 is 5.97 Å². The highest BCUT2D eigenvalue weighted by atomic mass is 19.1. The highest BCUT2D eigenvalue weighted by Crippen LogP contribution is 2.04. The van der Waals surface area contributed by atoms with Crippen molar-refractivity contribution < 1.29 is 13.9 Å². The molecule has 0 unspecified atom stereocenters. The molecule has 1 aromatic heterocycles. The van der Waals surface area contributed by atoms with E-state index in [4.69, 9.17) is 4.74 Å². The van der Waals surface area contributed by atoms with Crippen molar-refractivity contribution in [3.05, 3.63) is 54.4 Å². The van der Waals surface area contributed by atoms with E-state index in [9.17, 15) is 9.18 Å². The molecule has 0 spiro atoms. The van der Waals surface area contributed by atoms with E-state index in [2.05, 4.69) is 10.1 Å². The number of aromatic nitrogens is 3. The van der Waals surface area contributed by atoms with Gasteiger partial charge in [0.2, 0.25) is 0 Å². The van der Waals surface area contributed by atoms with E-state index in [1.54, 1.807) is 29.2 Å². The zero-order valence-corrected chi connectivity index (χ0v) is 10.1. The molecule has 19 heavy (non-hydrogen) atoms. The molecule has 0 atom stereocenters. The van der Waals surface area contributed by atoms with Crippen LogP contribution in [0.5, 0.6) is 0 Å². The molecule has 0 bridgehead atoms. The summed E-state index contributed by atoms with van der Waals surface area (Å²) >= 11 is 0. The molecule has 0 radical (unpaired) electrons. The monoisotopic (exact) mass is 261 g/mol. The second-order valence-electron chi connectivity index (χ2n) is 3.71. The molecule has 0 saturated carbocycles. The van der Waals surface area contributed by atoms with Gasteiger partial charge in [-0.15, -0.1) is 0 Å². The molecule has 6 heteroatoms. The van der Waals surface area contributed by atoms with Crippen LogP contribution in [-0.2, 0) is 16.1 Å². The summed E-state index contributed by atoms with van der Waals surface area (Å²) in [6.45, 7) is 0.673. The van der Waals surface area contributed by atoms with E-state index in [1.165, 1.54) is 24.5 Å². The summed E-state index contributed by atoms with van der Waals surface area (Å²) in [5.41, 5.74) is 0.731. The van der Waals surface area contributed by atoms with Gasteiger partial charge in [-0.25, -0.2) is 18.9 Å². The fourth-order valence-corrected chi connectivity index (χ4v) is 1.37. The number of esters is 1. The molecule has 1 heterocycles. The lowest BCUT2D eigenvalue weighted by atomic mass is 10.2. The molecule has 0 saturated heterocycles. The third-order valence-corrected chi connectivity index (χ3v) is 2.31. The molecule has 5 nitrogen and oxygen atoms in total. The van der Waals surface area contributed by atoms with Gasteiger partial charge in [0.1, 0.15) is 25.1 Å². The van der Waals surface area contributed by atoms with E-state index in [1.807, 2.05) is 0 Å². The molecule has 1 aromatic carbocycles. The first-order valence-corrected chi connectivity index (χ1v) is 5.67. The Morgan fingerprint density at radius 2 is 2.16 bits per heavy atom. The summed E-state index contributed by atoms with van der Waals surface area (Å²) in [5, 5.41) is 3.88. The van der Waals surface area contributed by atoms with Crippen LogP contribution in [0.25, 0.3) is 6.08 Å². The second kappa shape index (κ2) is 6.44. The van der Waals surface area contributed by atoms with Crippen LogP contribution in [0.15, 0.2) is 43.0 Å². The Balaban J connectivity index is 1.76. The summed E-state index contributed by atoms with van der Waals surface area (Å²) < 4.78 is 19.2. The second-order valence-corrected chi connectivity index (χ2v) is 3.71. The smallest absolute Gasteiger partial charge is 0.330 e. The normalized spacial score (nSPS) is 10.8.